The number of para-hydroxylation sites is 1. The van der Waals surface area contributed by atoms with E-state index in [0.717, 1.165) is 16.8 Å². The summed E-state index contributed by atoms with van der Waals surface area (Å²) in [5.41, 5.74) is 2.58. The predicted octanol–water partition coefficient (Wildman–Crippen LogP) is 2.45. The Morgan fingerprint density at radius 2 is 1.85 bits per heavy atom. The van der Waals surface area contributed by atoms with Gasteiger partial charge in [-0.05, 0) is 43.5 Å². The fraction of sp³-hybridized carbons (Fsp3) is 0.286. The molecular formula is C21H21N3O3. The molecule has 2 heterocycles. The van der Waals surface area contributed by atoms with Crippen molar-refractivity contribution in [1.82, 2.24) is 4.90 Å². The number of hydrogen-bond acceptors (Lipinski definition) is 3. The van der Waals surface area contributed by atoms with Crippen LogP contribution in [0.1, 0.15) is 24.0 Å². The first-order chi connectivity index (χ1) is 13.0. The Morgan fingerprint density at radius 1 is 1.11 bits per heavy atom. The maximum Gasteiger partial charge on any atom is 0.313 e. The second-order valence-electron chi connectivity index (χ2n) is 7.23. The highest BCUT2D eigenvalue weighted by molar-refractivity contribution is 6.39. The van der Waals surface area contributed by atoms with Gasteiger partial charge in [0.25, 0.3) is 0 Å². The second-order valence-corrected chi connectivity index (χ2v) is 7.23. The molecule has 1 atom stereocenters. The topological polar surface area (TPSA) is 78.5 Å². The number of piperidine rings is 1. The molecule has 2 N–H and O–H groups in total. The van der Waals surface area contributed by atoms with Crippen molar-refractivity contribution in [3.8, 4) is 0 Å². The van der Waals surface area contributed by atoms with E-state index < -0.39 is 17.2 Å². The highest BCUT2D eigenvalue weighted by atomic mass is 16.2. The van der Waals surface area contributed by atoms with Crippen LogP contribution in [0.15, 0.2) is 48.5 Å². The van der Waals surface area contributed by atoms with Gasteiger partial charge in [-0.3, -0.25) is 14.4 Å². The number of carbonyl (C=O) groups excluding carboxylic acids is 3. The molecule has 1 saturated heterocycles. The fourth-order valence-corrected chi connectivity index (χ4v) is 3.97. The van der Waals surface area contributed by atoms with Crippen LogP contribution < -0.4 is 10.6 Å². The van der Waals surface area contributed by atoms with Gasteiger partial charge in [-0.15, -0.1) is 0 Å². The van der Waals surface area contributed by atoms with Gasteiger partial charge >= 0.3 is 11.8 Å². The number of hydrogen-bond donors (Lipinski definition) is 2. The number of anilines is 2. The number of carbonyl (C=O) groups is 3. The van der Waals surface area contributed by atoms with Gasteiger partial charge in [0.05, 0.1) is 5.41 Å². The normalized spacial score (nSPS) is 20.9. The predicted molar refractivity (Wildman–Crippen MR) is 102 cm³/mol. The van der Waals surface area contributed by atoms with Gasteiger partial charge in [0.1, 0.15) is 0 Å². The minimum absolute atomic E-state index is 0.0971. The number of aryl methyl sites for hydroxylation is 1. The summed E-state index contributed by atoms with van der Waals surface area (Å²) in [5, 5.41) is 5.56. The zero-order chi connectivity index (χ0) is 19.0. The van der Waals surface area contributed by atoms with Crippen LogP contribution in [0.5, 0.6) is 0 Å². The highest BCUT2D eigenvalue weighted by Crippen LogP contribution is 2.43. The fourth-order valence-electron chi connectivity index (χ4n) is 3.97. The van der Waals surface area contributed by atoms with Gasteiger partial charge < -0.3 is 15.5 Å². The van der Waals surface area contributed by atoms with Crippen molar-refractivity contribution in [2.45, 2.75) is 25.2 Å². The minimum Gasteiger partial charge on any atom is -0.333 e. The van der Waals surface area contributed by atoms with Crippen molar-refractivity contribution in [3.63, 3.8) is 0 Å². The molecule has 2 aliphatic rings. The van der Waals surface area contributed by atoms with Crippen molar-refractivity contribution in [1.29, 1.82) is 0 Å². The van der Waals surface area contributed by atoms with E-state index in [0.29, 0.717) is 25.1 Å². The smallest absolute Gasteiger partial charge is 0.313 e. The lowest BCUT2D eigenvalue weighted by Gasteiger charge is -2.38. The van der Waals surface area contributed by atoms with Gasteiger partial charge in [0, 0.05) is 24.5 Å². The summed E-state index contributed by atoms with van der Waals surface area (Å²) in [5.74, 6) is -1.38. The third kappa shape index (κ3) is 2.97. The average molecular weight is 363 g/mol. The van der Waals surface area contributed by atoms with Crippen LogP contribution in [0.2, 0.25) is 0 Å². The number of nitrogens with zero attached hydrogens (tertiary/aromatic N) is 1. The Hall–Kier alpha value is -3.15. The Morgan fingerprint density at radius 3 is 2.63 bits per heavy atom. The number of fused-ring (bicyclic) bond motifs is 2. The lowest BCUT2D eigenvalue weighted by atomic mass is 9.75. The molecule has 4 rings (SSSR count). The molecule has 2 aliphatic heterocycles. The Kier molecular flexibility index (Phi) is 4.18. The first-order valence-electron chi connectivity index (χ1n) is 9.07. The zero-order valence-corrected chi connectivity index (χ0v) is 15.1. The molecule has 1 unspecified atom stereocenters. The number of likely N-dealkylation sites (tertiary alicyclic amines) is 1. The first kappa shape index (κ1) is 17.3. The van der Waals surface area contributed by atoms with Gasteiger partial charge in [-0.2, -0.15) is 0 Å². The summed E-state index contributed by atoms with van der Waals surface area (Å²) in [6, 6.07) is 14.8. The van der Waals surface area contributed by atoms with Crippen molar-refractivity contribution in [2.75, 3.05) is 23.7 Å². The lowest BCUT2D eigenvalue weighted by molar-refractivity contribution is -0.145. The summed E-state index contributed by atoms with van der Waals surface area (Å²) >= 11 is 0. The molecule has 0 aromatic heterocycles. The quantitative estimate of drug-likeness (QED) is 0.764. The van der Waals surface area contributed by atoms with Gasteiger partial charge in [-0.1, -0.05) is 35.9 Å². The highest BCUT2D eigenvalue weighted by Gasteiger charge is 2.50. The SMILES string of the molecule is Cc1ccc(NC(=O)C(=O)N2CCCC3(C2)C(=O)Nc2ccccc23)cc1. The molecule has 0 bridgehead atoms. The molecule has 0 saturated carbocycles. The van der Waals surface area contributed by atoms with Crippen molar-refractivity contribution in [2.24, 2.45) is 0 Å². The Bertz CT molecular complexity index is 923. The minimum atomic E-state index is -0.769. The largest absolute Gasteiger partial charge is 0.333 e. The third-order valence-electron chi connectivity index (χ3n) is 5.41. The summed E-state index contributed by atoms with van der Waals surface area (Å²) in [4.78, 5) is 39.3. The number of benzene rings is 2. The second kappa shape index (κ2) is 6.54. The molecule has 3 amide bonds. The van der Waals surface area contributed by atoms with Gasteiger partial charge in [-0.25, -0.2) is 0 Å². The molecule has 2 aromatic carbocycles. The van der Waals surface area contributed by atoms with E-state index in [4.69, 9.17) is 0 Å². The first-order valence-corrected chi connectivity index (χ1v) is 9.07. The van der Waals surface area contributed by atoms with Crippen LogP contribution in [0.25, 0.3) is 0 Å². The van der Waals surface area contributed by atoms with E-state index in [-0.39, 0.29) is 12.5 Å². The zero-order valence-electron chi connectivity index (χ0n) is 15.1. The van der Waals surface area contributed by atoms with Crippen LogP contribution in [-0.2, 0) is 19.8 Å². The average Bonchev–Trinajstić information content (AvgIpc) is 2.94. The molecule has 0 aliphatic carbocycles. The number of nitrogens with one attached hydrogen (secondary N) is 2. The maximum absolute atomic E-state index is 12.7. The van der Waals surface area contributed by atoms with Crippen LogP contribution in [-0.4, -0.2) is 35.7 Å². The van der Waals surface area contributed by atoms with E-state index in [1.165, 1.54) is 4.90 Å². The summed E-state index contributed by atoms with van der Waals surface area (Å²) in [7, 11) is 0. The molecular weight excluding hydrogens is 342 g/mol. The standard InChI is InChI=1S/C21H21N3O3/c1-14-7-9-15(10-8-14)22-18(25)19(26)24-12-4-11-21(13-24)16-5-2-3-6-17(16)23-20(21)27/h2-3,5-10H,4,11-13H2,1H3,(H,22,25)(H,23,27). The lowest BCUT2D eigenvalue weighted by Crippen LogP contribution is -2.54. The van der Waals surface area contributed by atoms with Crippen LogP contribution >= 0.6 is 0 Å². The maximum atomic E-state index is 12.7. The molecule has 1 fully saturated rings. The summed E-state index contributed by atoms with van der Waals surface area (Å²) < 4.78 is 0. The Labute approximate surface area is 157 Å². The molecule has 6 heteroatoms. The molecule has 0 radical (unpaired) electrons. The van der Waals surface area contributed by atoms with E-state index >= 15 is 0 Å². The van der Waals surface area contributed by atoms with E-state index in [9.17, 15) is 14.4 Å². The number of amides is 3. The van der Waals surface area contributed by atoms with Gasteiger partial charge in [0.2, 0.25) is 5.91 Å². The monoisotopic (exact) mass is 363 g/mol. The van der Waals surface area contributed by atoms with Gasteiger partial charge in [0.15, 0.2) is 0 Å². The molecule has 138 valence electrons. The van der Waals surface area contributed by atoms with E-state index in [1.807, 2.05) is 43.3 Å². The summed E-state index contributed by atoms with van der Waals surface area (Å²) in [6.45, 7) is 2.64. The van der Waals surface area contributed by atoms with Crippen LogP contribution in [0.4, 0.5) is 11.4 Å². The van der Waals surface area contributed by atoms with Crippen molar-refractivity contribution in [3.05, 3.63) is 59.7 Å². The van der Waals surface area contributed by atoms with Crippen molar-refractivity contribution < 1.29 is 14.4 Å². The van der Waals surface area contributed by atoms with Crippen LogP contribution in [0.3, 0.4) is 0 Å². The Balaban J connectivity index is 1.53. The third-order valence-corrected chi connectivity index (χ3v) is 5.41. The molecule has 27 heavy (non-hydrogen) atoms. The van der Waals surface area contributed by atoms with Crippen LogP contribution in [0, 0.1) is 6.92 Å². The summed E-state index contributed by atoms with van der Waals surface area (Å²) in [6.07, 6.45) is 1.34. The van der Waals surface area contributed by atoms with E-state index in [1.54, 1.807) is 12.1 Å². The van der Waals surface area contributed by atoms with E-state index in [2.05, 4.69) is 10.6 Å². The number of rotatable bonds is 1. The van der Waals surface area contributed by atoms with Crippen molar-refractivity contribution >= 4 is 29.1 Å². The molecule has 2 aromatic rings. The molecule has 1 spiro atoms. The molecule has 6 nitrogen and oxygen atoms in total.